The Morgan fingerprint density at radius 1 is 0.742 bits per heavy atom. The Bertz CT molecular complexity index is 1780. The summed E-state index contributed by atoms with van der Waals surface area (Å²) in [6, 6.07) is 16.3. The van der Waals surface area contributed by atoms with Crippen LogP contribution in [0.2, 0.25) is 0 Å². The molecular formula is C45H64N6O11. The van der Waals surface area contributed by atoms with Crippen molar-refractivity contribution >= 4 is 42.0 Å². The second-order valence-corrected chi connectivity index (χ2v) is 17.4. The van der Waals surface area contributed by atoms with E-state index in [0.29, 0.717) is 25.7 Å². The Labute approximate surface area is 364 Å². The first-order valence-corrected chi connectivity index (χ1v) is 21.4. The lowest BCUT2D eigenvalue weighted by Gasteiger charge is -2.40. The van der Waals surface area contributed by atoms with E-state index in [0.717, 1.165) is 43.2 Å². The van der Waals surface area contributed by atoms with Gasteiger partial charge in [0.05, 0.1) is 6.54 Å². The number of carbonyl (C=O) groups is 6. The number of oxime groups is 1. The van der Waals surface area contributed by atoms with Gasteiger partial charge in [-0.3, -0.25) is 29.9 Å². The summed E-state index contributed by atoms with van der Waals surface area (Å²) in [4.78, 5) is 89.1. The fourth-order valence-corrected chi connectivity index (χ4v) is 7.11. The molecule has 17 heteroatoms. The van der Waals surface area contributed by atoms with Gasteiger partial charge in [0.1, 0.15) is 49.7 Å². The lowest BCUT2D eigenvalue weighted by Crippen LogP contribution is -2.59. The number of ether oxygens (including phenoxy) is 4. The van der Waals surface area contributed by atoms with Crippen LogP contribution in [-0.4, -0.2) is 101 Å². The molecule has 1 saturated carbocycles. The number of esters is 1. The first kappa shape index (κ1) is 48.8. The molecule has 0 aromatic heterocycles. The van der Waals surface area contributed by atoms with Crippen LogP contribution < -0.4 is 16.0 Å². The van der Waals surface area contributed by atoms with Gasteiger partial charge in [-0.2, -0.15) is 0 Å². The molecule has 1 aliphatic heterocycles. The van der Waals surface area contributed by atoms with Crippen molar-refractivity contribution in [3.8, 4) is 0 Å². The molecule has 3 N–H and O–H groups in total. The molecular weight excluding hydrogens is 801 g/mol. The highest BCUT2D eigenvalue weighted by Crippen LogP contribution is 2.31. The molecule has 2 aromatic rings. The predicted octanol–water partition coefficient (Wildman–Crippen LogP) is 6.54. The molecule has 2 fully saturated rings. The third-order valence-electron chi connectivity index (χ3n) is 9.90. The number of likely N-dealkylation sites (tertiary alicyclic amines) is 1. The molecule has 1 heterocycles. The summed E-state index contributed by atoms with van der Waals surface area (Å²) in [6.07, 6.45) is 4.12. The maximum Gasteiger partial charge on any atom is 0.414 e. The van der Waals surface area contributed by atoms with E-state index in [9.17, 15) is 28.8 Å². The highest BCUT2D eigenvalue weighted by atomic mass is 16.6. The van der Waals surface area contributed by atoms with E-state index >= 15 is 0 Å². The largest absolute Gasteiger partial charge is 0.459 e. The number of amides is 5. The summed E-state index contributed by atoms with van der Waals surface area (Å²) in [5.41, 5.74) is -0.174. The van der Waals surface area contributed by atoms with Crippen LogP contribution in [0.25, 0.3) is 0 Å². The maximum absolute atomic E-state index is 14.9. The van der Waals surface area contributed by atoms with E-state index in [1.165, 1.54) is 9.80 Å². The van der Waals surface area contributed by atoms with E-state index in [-0.39, 0.29) is 38.8 Å². The second kappa shape index (κ2) is 23.9. The van der Waals surface area contributed by atoms with Crippen LogP contribution in [0.3, 0.4) is 0 Å². The van der Waals surface area contributed by atoms with Crippen molar-refractivity contribution in [2.45, 2.75) is 136 Å². The highest BCUT2D eigenvalue weighted by Gasteiger charge is 2.41. The third-order valence-corrected chi connectivity index (χ3v) is 9.90. The normalized spacial score (nSPS) is 16.1. The number of carbonyl (C=O) groups excluding carboxylic acids is 6. The van der Waals surface area contributed by atoms with Gasteiger partial charge < -0.3 is 34.0 Å². The lowest BCUT2D eigenvalue weighted by molar-refractivity contribution is -0.151. The Morgan fingerprint density at radius 3 is 1.85 bits per heavy atom. The second-order valence-electron chi connectivity index (χ2n) is 17.4. The van der Waals surface area contributed by atoms with Crippen LogP contribution in [-0.2, 0) is 51.4 Å². The van der Waals surface area contributed by atoms with Crippen LogP contribution in [0, 0.1) is 5.92 Å². The number of benzene rings is 2. The lowest BCUT2D eigenvalue weighted by atomic mass is 9.84. The minimum atomic E-state index is -1.11. The molecule has 0 spiro atoms. The Hall–Kier alpha value is -5.87. The average molecular weight is 865 g/mol. The van der Waals surface area contributed by atoms with Gasteiger partial charge in [0, 0.05) is 6.54 Å². The molecule has 5 amide bonds. The van der Waals surface area contributed by atoms with E-state index in [4.69, 9.17) is 23.8 Å². The Kier molecular flexibility index (Phi) is 18.8. The summed E-state index contributed by atoms with van der Waals surface area (Å²) in [7, 11) is 0. The smallest absolute Gasteiger partial charge is 0.414 e. The molecule has 2 aromatic carbocycles. The molecule has 2 atom stereocenters. The average Bonchev–Trinajstić information content (AvgIpc) is 3.22. The molecule has 1 saturated heterocycles. The molecule has 1 aliphatic carbocycles. The van der Waals surface area contributed by atoms with Crippen molar-refractivity contribution in [1.82, 2.24) is 25.8 Å². The zero-order valence-corrected chi connectivity index (χ0v) is 36.9. The van der Waals surface area contributed by atoms with Gasteiger partial charge in [-0.05, 0) is 89.4 Å². The van der Waals surface area contributed by atoms with Crippen LogP contribution in [0.4, 0.5) is 14.4 Å². The molecule has 2 aliphatic rings. The summed E-state index contributed by atoms with van der Waals surface area (Å²) in [5.74, 6) is -1.88. The monoisotopic (exact) mass is 864 g/mol. The van der Waals surface area contributed by atoms with Gasteiger partial charge in [0.25, 0.3) is 5.96 Å². The number of rotatable bonds is 15. The molecule has 4 rings (SSSR count). The van der Waals surface area contributed by atoms with E-state index in [1.807, 2.05) is 60.7 Å². The number of hydrogen-bond acceptors (Lipinski definition) is 12. The van der Waals surface area contributed by atoms with Crippen molar-refractivity contribution in [2.75, 3.05) is 26.2 Å². The first-order chi connectivity index (χ1) is 29.5. The van der Waals surface area contributed by atoms with Gasteiger partial charge >= 0.3 is 24.2 Å². The van der Waals surface area contributed by atoms with E-state index in [1.54, 1.807) is 41.5 Å². The fourth-order valence-electron chi connectivity index (χ4n) is 7.11. The van der Waals surface area contributed by atoms with Crippen molar-refractivity contribution in [2.24, 2.45) is 11.1 Å². The Morgan fingerprint density at radius 2 is 1.29 bits per heavy atom. The van der Waals surface area contributed by atoms with Gasteiger partial charge in [-0.25, -0.2) is 14.4 Å². The minimum Gasteiger partial charge on any atom is -0.459 e. The first-order valence-electron chi connectivity index (χ1n) is 21.4. The van der Waals surface area contributed by atoms with Gasteiger partial charge in [0.2, 0.25) is 11.8 Å². The summed E-state index contributed by atoms with van der Waals surface area (Å²) in [5, 5.41) is 11.2. The molecule has 0 bridgehead atoms. The van der Waals surface area contributed by atoms with Crippen LogP contribution in [0.15, 0.2) is 65.8 Å². The predicted molar refractivity (Wildman–Crippen MR) is 229 cm³/mol. The van der Waals surface area contributed by atoms with E-state index < -0.39 is 71.9 Å². The standard InChI is InChI=1S/C45H64N6O11/c1-44(2,3)61-41(55)47-40(48-42(56)62-45(4,5)6)49-60-27-25-46-38(53)35-24-16-17-26-50(35)39(54)36(28-32-18-10-7-11-19-32)51(43(57)59-31-34-22-14-9-15-23-34)29-37(52)58-30-33-20-12-8-13-21-33/h8-9,12-15,20-23,32,35-36H,7,10-11,16-19,24-31H2,1-6H3,(H,46,53)(H2,47,48,49,55,56)/t35-,36+/m0/s1. The summed E-state index contributed by atoms with van der Waals surface area (Å²) in [6.45, 7) is 9.43. The van der Waals surface area contributed by atoms with Gasteiger partial charge in [0.15, 0.2) is 0 Å². The molecule has 340 valence electrons. The van der Waals surface area contributed by atoms with E-state index in [2.05, 4.69) is 21.1 Å². The summed E-state index contributed by atoms with van der Waals surface area (Å²) < 4.78 is 21.9. The minimum absolute atomic E-state index is 0.0149. The molecule has 0 radical (unpaired) electrons. The topological polar surface area (TPSA) is 203 Å². The number of alkyl carbamates (subject to hydrolysis) is 2. The number of hydrogen-bond donors (Lipinski definition) is 3. The van der Waals surface area contributed by atoms with Crippen molar-refractivity contribution in [3.05, 3.63) is 71.8 Å². The van der Waals surface area contributed by atoms with Crippen LogP contribution in [0.5, 0.6) is 0 Å². The number of nitrogens with one attached hydrogen (secondary N) is 3. The third kappa shape index (κ3) is 17.6. The molecule has 0 unspecified atom stereocenters. The number of piperidine rings is 1. The molecule has 17 nitrogen and oxygen atoms in total. The zero-order chi connectivity index (χ0) is 45.1. The van der Waals surface area contributed by atoms with Crippen molar-refractivity contribution in [3.63, 3.8) is 0 Å². The van der Waals surface area contributed by atoms with Gasteiger partial charge in [-0.1, -0.05) is 92.8 Å². The SMILES string of the molecule is CC(C)(C)OC(=O)NC(=NOCCNC(=O)[C@@H]1CCCCN1C(=O)[C@@H](CC1CCCCC1)N(CC(=O)OCc1ccccc1)C(=O)OCc1ccccc1)NC(=O)OC(C)(C)C. The van der Waals surface area contributed by atoms with Gasteiger partial charge in [-0.15, -0.1) is 0 Å². The fraction of sp³-hybridized carbons (Fsp3) is 0.578. The maximum atomic E-state index is 14.9. The van der Waals surface area contributed by atoms with Crippen molar-refractivity contribution in [1.29, 1.82) is 0 Å². The highest BCUT2D eigenvalue weighted by molar-refractivity contribution is 6.01. The van der Waals surface area contributed by atoms with Crippen molar-refractivity contribution < 1.29 is 52.6 Å². The Balaban J connectivity index is 1.49. The number of guanidine groups is 1. The zero-order valence-electron chi connectivity index (χ0n) is 36.9. The number of nitrogens with zero attached hydrogens (tertiary/aromatic N) is 3. The molecule has 62 heavy (non-hydrogen) atoms. The summed E-state index contributed by atoms with van der Waals surface area (Å²) >= 11 is 0. The quantitative estimate of drug-likeness (QED) is 0.0438. The van der Waals surface area contributed by atoms with Crippen LogP contribution in [0.1, 0.15) is 110 Å². The van der Waals surface area contributed by atoms with Crippen LogP contribution >= 0.6 is 0 Å².